The molecule has 0 atom stereocenters. The zero-order valence-corrected chi connectivity index (χ0v) is 14.5. The zero-order valence-electron chi connectivity index (χ0n) is 14.5. The number of hydrogen-bond acceptors (Lipinski definition) is 6. The first kappa shape index (κ1) is 19.1. The summed E-state index contributed by atoms with van der Waals surface area (Å²) in [4.78, 5) is 35.3. The second-order valence-corrected chi connectivity index (χ2v) is 5.33. The molecule has 7 heteroatoms. The lowest BCUT2D eigenvalue weighted by molar-refractivity contribution is -0.119. The number of benzene rings is 2. The molecule has 2 rings (SSSR count). The second-order valence-electron chi connectivity index (χ2n) is 5.33. The highest BCUT2D eigenvalue weighted by Gasteiger charge is 2.11. The molecule has 136 valence electrons. The van der Waals surface area contributed by atoms with Gasteiger partial charge in [0, 0.05) is 12.8 Å². The molecular formula is C19H19NO6. The van der Waals surface area contributed by atoms with Crippen molar-refractivity contribution in [3.63, 3.8) is 0 Å². The van der Waals surface area contributed by atoms with Crippen LogP contribution in [0.15, 0.2) is 48.5 Å². The maximum Gasteiger partial charge on any atom is 0.338 e. The average Bonchev–Trinajstić information content (AvgIpc) is 2.66. The van der Waals surface area contributed by atoms with Gasteiger partial charge in [0.15, 0.2) is 6.61 Å². The van der Waals surface area contributed by atoms with E-state index in [9.17, 15) is 14.4 Å². The summed E-state index contributed by atoms with van der Waals surface area (Å²) in [6, 6.07) is 12.9. The van der Waals surface area contributed by atoms with Gasteiger partial charge in [-0.15, -0.1) is 0 Å². The van der Waals surface area contributed by atoms with Crippen molar-refractivity contribution >= 4 is 23.5 Å². The van der Waals surface area contributed by atoms with Gasteiger partial charge in [-0.2, -0.15) is 0 Å². The molecule has 0 aliphatic rings. The minimum Gasteiger partial charge on any atom is -0.465 e. The summed E-state index contributed by atoms with van der Waals surface area (Å²) in [5.41, 5.74) is 2.01. The smallest absolute Gasteiger partial charge is 0.338 e. The van der Waals surface area contributed by atoms with Gasteiger partial charge in [0.05, 0.1) is 24.8 Å². The monoisotopic (exact) mass is 357 g/mol. The minimum absolute atomic E-state index is 0.342. The highest BCUT2D eigenvalue weighted by molar-refractivity contribution is 5.96. The van der Waals surface area contributed by atoms with Gasteiger partial charge < -0.3 is 19.5 Å². The van der Waals surface area contributed by atoms with Crippen LogP contribution in [0.3, 0.4) is 0 Å². The number of rotatable bonds is 7. The van der Waals surface area contributed by atoms with E-state index in [0.717, 1.165) is 5.56 Å². The van der Waals surface area contributed by atoms with Gasteiger partial charge in [0.1, 0.15) is 0 Å². The Morgan fingerprint density at radius 1 is 0.923 bits per heavy atom. The lowest BCUT2D eigenvalue weighted by Crippen LogP contribution is -2.21. The minimum atomic E-state index is -0.598. The summed E-state index contributed by atoms with van der Waals surface area (Å²) in [6.07, 6.45) is 0. The van der Waals surface area contributed by atoms with E-state index in [0.29, 0.717) is 23.4 Å². The van der Waals surface area contributed by atoms with Crippen molar-refractivity contribution in [2.45, 2.75) is 6.61 Å². The molecule has 0 radical (unpaired) electrons. The summed E-state index contributed by atoms with van der Waals surface area (Å²) in [5, 5.41) is 2.58. The fourth-order valence-corrected chi connectivity index (χ4v) is 2.17. The van der Waals surface area contributed by atoms with Gasteiger partial charge >= 0.3 is 11.9 Å². The predicted octanol–water partition coefficient (Wildman–Crippen LogP) is 2.42. The summed E-state index contributed by atoms with van der Waals surface area (Å²) in [7, 11) is 2.85. The number of amides is 1. The van der Waals surface area contributed by atoms with Crippen LogP contribution in [0.1, 0.15) is 26.3 Å². The van der Waals surface area contributed by atoms with Gasteiger partial charge in [-0.1, -0.05) is 12.1 Å². The summed E-state index contributed by atoms with van der Waals surface area (Å²) in [6.45, 7) is -0.0464. The van der Waals surface area contributed by atoms with Crippen LogP contribution in [0.2, 0.25) is 0 Å². The van der Waals surface area contributed by atoms with Gasteiger partial charge in [-0.25, -0.2) is 9.59 Å². The highest BCUT2D eigenvalue weighted by atomic mass is 16.5. The normalized spacial score (nSPS) is 10.1. The van der Waals surface area contributed by atoms with Gasteiger partial charge in [0.2, 0.25) is 0 Å². The van der Waals surface area contributed by atoms with Crippen molar-refractivity contribution in [3.05, 3.63) is 65.2 Å². The molecule has 1 amide bonds. The molecule has 0 heterocycles. The molecule has 0 aromatic heterocycles. The number of nitrogens with one attached hydrogen (secondary N) is 1. The topological polar surface area (TPSA) is 90.9 Å². The summed E-state index contributed by atoms with van der Waals surface area (Å²) in [5.74, 6) is -1.55. The Morgan fingerprint density at radius 3 is 2.31 bits per heavy atom. The summed E-state index contributed by atoms with van der Waals surface area (Å²) < 4.78 is 14.6. The molecule has 2 aromatic rings. The van der Waals surface area contributed by atoms with Crippen molar-refractivity contribution in [2.24, 2.45) is 0 Å². The number of hydrogen-bond donors (Lipinski definition) is 1. The molecule has 0 bridgehead atoms. The van der Waals surface area contributed by atoms with Crippen LogP contribution in [0.5, 0.6) is 0 Å². The van der Waals surface area contributed by atoms with Gasteiger partial charge in [0.25, 0.3) is 5.91 Å². The van der Waals surface area contributed by atoms with E-state index in [1.807, 2.05) is 6.07 Å². The van der Waals surface area contributed by atoms with Crippen LogP contribution in [-0.2, 0) is 25.6 Å². The Balaban J connectivity index is 1.87. The zero-order chi connectivity index (χ0) is 18.9. The Kier molecular flexibility index (Phi) is 6.87. The second kappa shape index (κ2) is 9.33. The van der Waals surface area contributed by atoms with Crippen molar-refractivity contribution in [3.8, 4) is 0 Å². The quantitative estimate of drug-likeness (QED) is 0.765. The molecule has 0 unspecified atom stereocenters. The lowest BCUT2D eigenvalue weighted by atomic mass is 10.1. The molecule has 0 saturated heterocycles. The van der Waals surface area contributed by atoms with Crippen LogP contribution >= 0.6 is 0 Å². The lowest BCUT2D eigenvalue weighted by Gasteiger charge is -2.08. The van der Waals surface area contributed by atoms with E-state index < -0.39 is 24.5 Å². The number of anilines is 1. The maximum atomic E-state index is 12.0. The predicted molar refractivity (Wildman–Crippen MR) is 93.8 cm³/mol. The van der Waals surface area contributed by atoms with Gasteiger partial charge in [-0.3, -0.25) is 4.79 Å². The number of ether oxygens (including phenoxy) is 3. The van der Waals surface area contributed by atoms with E-state index in [4.69, 9.17) is 9.47 Å². The molecular weight excluding hydrogens is 338 g/mol. The fraction of sp³-hybridized carbons (Fsp3) is 0.211. The Labute approximate surface area is 150 Å². The number of methoxy groups -OCH3 is 2. The number of carbonyl (C=O) groups excluding carboxylic acids is 3. The SMILES string of the molecule is COCc1cccc(C(=O)OCC(=O)Nc2ccc(C(=O)OC)cc2)c1. The molecule has 0 spiro atoms. The van der Waals surface area contributed by atoms with Crippen LogP contribution in [-0.4, -0.2) is 38.7 Å². The van der Waals surface area contributed by atoms with Crippen molar-refractivity contribution in [2.75, 3.05) is 26.1 Å². The van der Waals surface area contributed by atoms with E-state index in [2.05, 4.69) is 10.1 Å². The Bertz CT molecular complexity index is 785. The van der Waals surface area contributed by atoms with Crippen LogP contribution < -0.4 is 5.32 Å². The fourth-order valence-electron chi connectivity index (χ4n) is 2.17. The number of esters is 2. The summed E-state index contributed by atoms with van der Waals surface area (Å²) >= 11 is 0. The standard InChI is InChI=1S/C19H19NO6/c1-24-11-13-4-3-5-15(10-13)19(23)26-12-17(21)20-16-8-6-14(7-9-16)18(22)25-2/h3-10H,11-12H2,1-2H3,(H,20,21). The van der Waals surface area contributed by atoms with Crippen molar-refractivity contribution in [1.82, 2.24) is 0 Å². The van der Waals surface area contributed by atoms with E-state index in [1.165, 1.54) is 19.2 Å². The first-order valence-corrected chi connectivity index (χ1v) is 7.76. The third-order valence-electron chi connectivity index (χ3n) is 3.40. The maximum absolute atomic E-state index is 12.0. The van der Waals surface area contributed by atoms with Crippen LogP contribution in [0, 0.1) is 0 Å². The number of carbonyl (C=O) groups is 3. The Hall–Kier alpha value is -3.19. The first-order chi connectivity index (χ1) is 12.5. The molecule has 0 saturated carbocycles. The molecule has 26 heavy (non-hydrogen) atoms. The average molecular weight is 357 g/mol. The molecule has 2 aromatic carbocycles. The van der Waals surface area contributed by atoms with Crippen LogP contribution in [0.25, 0.3) is 0 Å². The third kappa shape index (κ3) is 5.42. The molecule has 0 aliphatic carbocycles. The first-order valence-electron chi connectivity index (χ1n) is 7.76. The highest BCUT2D eigenvalue weighted by Crippen LogP contribution is 2.11. The van der Waals surface area contributed by atoms with E-state index in [1.54, 1.807) is 37.4 Å². The van der Waals surface area contributed by atoms with Crippen molar-refractivity contribution < 1.29 is 28.6 Å². The van der Waals surface area contributed by atoms with E-state index in [-0.39, 0.29) is 0 Å². The molecule has 0 aliphatic heterocycles. The Morgan fingerprint density at radius 2 is 1.65 bits per heavy atom. The van der Waals surface area contributed by atoms with Crippen LogP contribution in [0.4, 0.5) is 5.69 Å². The molecule has 1 N–H and O–H groups in total. The third-order valence-corrected chi connectivity index (χ3v) is 3.40. The van der Waals surface area contributed by atoms with Gasteiger partial charge in [-0.05, 0) is 42.0 Å². The largest absolute Gasteiger partial charge is 0.465 e. The molecule has 0 fully saturated rings. The molecule has 7 nitrogen and oxygen atoms in total. The van der Waals surface area contributed by atoms with E-state index >= 15 is 0 Å². The van der Waals surface area contributed by atoms with Crippen molar-refractivity contribution in [1.29, 1.82) is 0 Å².